The lowest BCUT2D eigenvalue weighted by atomic mass is 9.94. The number of rotatable bonds is 0. The van der Waals surface area contributed by atoms with Crippen LogP contribution in [0, 0.1) is 0 Å². The molecule has 0 radical (unpaired) electrons. The van der Waals surface area contributed by atoms with Crippen LogP contribution in [-0.2, 0) is 0 Å². The van der Waals surface area contributed by atoms with Gasteiger partial charge in [0.2, 0.25) is 0 Å². The maximum absolute atomic E-state index is 10.2. The van der Waals surface area contributed by atoms with Crippen LogP contribution in [-0.4, -0.2) is 42.1 Å². The number of aliphatic hydroxyl groups is 1. The van der Waals surface area contributed by atoms with Crippen molar-refractivity contribution in [3.05, 3.63) is 41.1 Å². The number of likely N-dealkylation sites (N-methyl/N-ethyl adjacent to an activating group) is 2. The molecule has 2 heterocycles. The van der Waals surface area contributed by atoms with Crippen LogP contribution >= 0.6 is 0 Å². The first-order valence-electron chi connectivity index (χ1n) is 5.59. The van der Waals surface area contributed by atoms with Crippen molar-refractivity contribution in [3.8, 4) is 0 Å². The molecule has 0 aromatic heterocycles. The van der Waals surface area contributed by atoms with E-state index >= 15 is 0 Å². The van der Waals surface area contributed by atoms with E-state index in [1.165, 1.54) is 16.8 Å². The van der Waals surface area contributed by atoms with Crippen molar-refractivity contribution >= 4 is 5.57 Å². The van der Waals surface area contributed by atoms with Crippen molar-refractivity contribution in [1.29, 1.82) is 0 Å². The molecule has 0 bridgehead atoms. The molecule has 1 unspecified atom stereocenters. The highest BCUT2D eigenvalue weighted by Gasteiger charge is 2.33. The van der Waals surface area contributed by atoms with Gasteiger partial charge in [0.1, 0.15) is 0 Å². The van der Waals surface area contributed by atoms with E-state index in [-0.39, 0.29) is 0 Å². The van der Waals surface area contributed by atoms with Gasteiger partial charge in [0.05, 0.1) is 0 Å². The summed E-state index contributed by atoms with van der Waals surface area (Å²) in [5.74, 6) is 0. The van der Waals surface area contributed by atoms with Crippen molar-refractivity contribution in [1.82, 2.24) is 9.80 Å². The molecule has 1 N–H and O–H groups in total. The first-order valence-corrected chi connectivity index (χ1v) is 5.59. The van der Waals surface area contributed by atoms with E-state index in [9.17, 15) is 5.11 Å². The SMILES string of the molecule is CN1CC2=C(C1)N(C)C(O)c1ccccc12. The van der Waals surface area contributed by atoms with Crippen molar-refractivity contribution in [2.75, 3.05) is 27.2 Å². The van der Waals surface area contributed by atoms with Gasteiger partial charge < -0.3 is 10.0 Å². The molecule has 2 aliphatic rings. The zero-order valence-corrected chi connectivity index (χ0v) is 9.64. The number of hydrogen-bond acceptors (Lipinski definition) is 3. The third-order valence-corrected chi connectivity index (χ3v) is 3.55. The highest BCUT2D eigenvalue weighted by molar-refractivity contribution is 5.76. The molecule has 16 heavy (non-hydrogen) atoms. The summed E-state index contributed by atoms with van der Waals surface area (Å²) >= 11 is 0. The number of benzene rings is 1. The summed E-state index contributed by atoms with van der Waals surface area (Å²) in [6, 6.07) is 8.15. The van der Waals surface area contributed by atoms with Gasteiger partial charge in [-0.05, 0) is 18.2 Å². The van der Waals surface area contributed by atoms with E-state index in [0.29, 0.717) is 0 Å². The quantitative estimate of drug-likeness (QED) is 0.707. The molecule has 0 fully saturated rings. The minimum absolute atomic E-state index is 0.499. The standard InChI is InChI=1S/C13H16N2O/c1-14-7-11-9-5-3-4-6-10(9)13(16)15(2)12(11)8-14/h3-6,13,16H,7-8H2,1-2H3. The van der Waals surface area contributed by atoms with Gasteiger partial charge in [0.25, 0.3) is 0 Å². The lowest BCUT2D eigenvalue weighted by molar-refractivity contribution is 0.0407. The third kappa shape index (κ3) is 1.22. The lowest BCUT2D eigenvalue weighted by Crippen LogP contribution is -2.29. The first kappa shape index (κ1) is 9.87. The Bertz CT molecular complexity index is 467. The van der Waals surface area contributed by atoms with Gasteiger partial charge in [-0.3, -0.25) is 4.90 Å². The normalized spacial score (nSPS) is 24.7. The third-order valence-electron chi connectivity index (χ3n) is 3.55. The highest BCUT2D eigenvalue weighted by Crippen LogP contribution is 2.39. The average molecular weight is 216 g/mol. The van der Waals surface area contributed by atoms with Crippen LogP contribution in [0.1, 0.15) is 17.4 Å². The van der Waals surface area contributed by atoms with Gasteiger partial charge in [-0.2, -0.15) is 0 Å². The molecule has 0 spiro atoms. The molecule has 0 saturated carbocycles. The second kappa shape index (κ2) is 3.34. The predicted octanol–water partition coefficient (Wildman–Crippen LogP) is 1.28. The summed E-state index contributed by atoms with van der Waals surface area (Å²) in [6.07, 6.45) is -0.499. The van der Waals surface area contributed by atoms with Crippen molar-refractivity contribution < 1.29 is 5.11 Å². The number of nitrogens with zero attached hydrogens (tertiary/aromatic N) is 2. The molecule has 1 aromatic carbocycles. The fraction of sp³-hybridized carbons (Fsp3) is 0.385. The Labute approximate surface area is 95.6 Å². The van der Waals surface area contributed by atoms with E-state index in [1.807, 2.05) is 30.1 Å². The Morgan fingerprint density at radius 3 is 2.75 bits per heavy atom. The molecule has 2 aliphatic heterocycles. The Hall–Kier alpha value is -1.32. The van der Waals surface area contributed by atoms with E-state index in [1.54, 1.807) is 0 Å². The largest absolute Gasteiger partial charge is 0.369 e. The van der Waals surface area contributed by atoms with Gasteiger partial charge in [-0.1, -0.05) is 24.3 Å². The fourth-order valence-corrected chi connectivity index (χ4v) is 2.69. The summed E-state index contributed by atoms with van der Waals surface area (Å²) in [6.45, 7) is 1.90. The van der Waals surface area contributed by atoms with E-state index in [2.05, 4.69) is 18.0 Å². The Morgan fingerprint density at radius 2 is 1.94 bits per heavy atom. The van der Waals surface area contributed by atoms with Crippen LogP contribution in [0.2, 0.25) is 0 Å². The summed E-state index contributed by atoms with van der Waals surface area (Å²) in [5, 5.41) is 10.2. The summed E-state index contributed by atoms with van der Waals surface area (Å²) in [7, 11) is 4.08. The minimum Gasteiger partial charge on any atom is -0.369 e. The van der Waals surface area contributed by atoms with Crippen molar-refractivity contribution in [2.45, 2.75) is 6.23 Å². The fourth-order valence-electron chi connectivity index (χ4n) is 2.69. The molecular formula is C13H16N2O. The van der Waals surface area contributed by atoms with E-state index < -0.39 is 6.23 Å². The Kier molecular flexibility index (Phi) is 2.06. The molecule has 3 nitrogen and oxygen atoms in total. The van der Waals surface area contributed by atoms with Gasteiger partial charge in [-0.15, -0.1) is 0 Å². The van der Waals surface area contributed by atoms with Gasteiger partial charge >= 0.3 is 0 Å². The Balaban J connectivity index is 2.18. The van der Waals surface area contributed by atoms with Crippen LogP contribution in [0.5, 0.6) is 0 Å². The summed E-state index contributed by atoms with van der Waals surface area (Å²) in [5.41, 5.74) is 4.87. The van der Waals surface area contributed by atoms with Crippen molar-refractivity contribution in [2.24, 2.45) is 0 Å². The monoisotopic (exact) mass is 216 g/mol. The molecule has 3 heteroatoms. The maximum atomic E-state index is 10.2. The van der Waals surface area contributed by atoms with Gasteiger partial charge in [-0.25, -0.2) is 0 Å². The van der Waals surface area contributed by atoms with E-state index in [4.69, 9.17) is 0 Å². The zero-order valence-electron chi connectivity index (χ0n) is 9.64. The maximum Gasteiger partial charge on any atom is 0.153 e. The lowest BCUT2D eigenvalue weighted by Gasteiger charge is -2.33. The minimum atomic E-state index is -0.499. The van der Waals surface area contributed by atoms with E-state index in [0.717, 1.165) is 18.7 Å². The predicted molar refractivity (Wildman–Crippen MR) is 63.6 cm³/mol. The summed E-state index contributed by atoms with van der Waals surface area (Å²) < 4.78 is 0. The molecule has 84 valence electrons. The molecule has 1 atom stereocenters. The van der Waals surface area contributed by atoms with Gasteiger partial charge in [0.15, 0.2) is 6.23 Å². The molecular weight excluding hydrogens is 200 g/mol. The molecule has 3 rings (SSSR count). The first-order chi connectivity index (χ1) is 7.68. The number of fused-ring (bicyclic) bond motifs is 2. The van der Waals surface area contributed by atoms with Crippen molar-refractivity contribution in [3.63, 3.8) is 0 Å². The zero-order chi connectivity index (χ0) is 11.3. The average Bonchev–Trinajstić information content (AvgIpc) is 2.68. The molecule has 0 amide bonds. The van der Waals surface area contributed by atoms with Crippen LogP contribution in [0.3, 0.4) is 0 Å². The van der Waals surface area contributed by atoms with Crippen LogP contribution in [0.15, 0.2) is 30.0 Å². The number of hydrogen-bond donors (Lipinski definition) is 1. The molecule has 0 saturated heterocycles. The second-order valence-corrected chi connectivity index (χ2v) is 4.67. The molecule has 0 aliphatic carbocycles. The topological polar surface area (TPSA) is 26.7 Å². The van der Waals surface area contributed by atoms with Crippen LogP contribution in [0.25, 0.3) is 5.57 Å². The summed E-state index contributed by atoms with van der Waals surface area (Å²) in [4.78, 5) is 4.26. The smallest absolute Gasteiger partial charge is 0.153 e. The Morgan fingerprint density at radius 1 is 1.19 bits per heavy atom. The second-order valence-electron chi connectivity index (χ2n) is 4.67. The number of aliphatic hydroxyl groups excluding tert-OH is 1. The van der Waals surface area contributed by atoms with Crippen LogP contribution < -0.4 is 0 Å². The van der Waals surface area contributed by atoms with Gasteiger partial charge in [0, 0.05) is 31.4 Å². The highest BCUT2D eigenvalue weighted by atomic mass is 16.3. The van der Waals surface area contributed by atoms with Crippen LogP contribution in [0.4, 0.5) is 0 Å². The molecule has 1 aromatic rings.